The van der Waals surface area contributed by atoms with E-state index in [2.05, 4.69) is 10.3 Å². The van der Waals surface area contributed by atoms with Gasteiger partial charge in [-0.15, -0.1) is 0 Å². The quantitative estimate of drug-likeness (QED) is 0.423. The van der Waals surface area contributed by atoms with Crippen LogP contribution in [0.3, 0.4) is 0 Å². The number of aliphatic carboxylic acids is 1. The van der Waals surface area contributed by atoms with Gasteiger partial charge in [-0.25, -0.2) is 9.78 Å². The van der Waals surface area contributed by atoms with Gasteiger partial charge in [0.2, 0.25) is 0 Å². The van der Waals surface area contributed by atoms with Crippen molar-refractivity contribution in [1.82, 2.24) is 4.98 Å². The summed E-state index contributed by atoms with van der Waals surface area (Å²) in [5.41, 5.74) is 0.400. The summed E-state index contributed by atoms with van der Waals surface area (Å²) in [6.07, 6.45) is 2.07. The molecule has 1 heterocycles. The van der Waals surface area contributed by atoms with Crippen LogP contribution >= 0.6 is 0 Å². The van der Waals surface area contributed by atoms with Crippen LogP contribution in [0.4, 0.5) is 11.5 Å². The highest BCUT2D eigenvalue weighted by atomic mass is 16.6. The summed E-state index contributed by atoms with van der Waals surface area (Å²) in [6, 6.07) is 0.543. The number of carboxylic acids is 1. The Labute approximate surface area is 115 Å². The second kappa shape index (κ2) is 7.39. The number of nitrogens with zero attached hydrogens (tertiary/aromatic N) is 2. The van der Waals surface area contributed by atoms with E-state index in [-0.39, 0.29) is 5.69 Å². The number of nitro groups is 1. The monoisotopic (exact) mass is 283 g/mol. The zero-order valence-electron chi connectivity index (χ0n) is 11.3. The predicted molar refractivity (Wildman–Crippen MR) is 71.8 cm³/mol. The Bertz CT molecular complexity index is 492. The Balaban J connectivity index is 2.78. The number of pyridine rings is 1. The number of hydrogen-bond donors (Lipinski definition) is 2. The third kappa shape index (κ3) is 4.47. The topological polar surface area (TPSA) is 115 Å². The molecule has 1 rings (SSSR count). The maximum Gasteiger partial charge on any atom is 0.326 e. The molecule has 0 saturated carbocycles. The highest BCUT2D eigenvalue weighted by Crippen LogP contribution is 2.19. The van der Waals surface area contributed by atoms with Gasteiger partial charge in [-0.1, -0.05) is 0 Å². The van der Waals surface area contributed by atoms with Crippen molar-refractivity contribution in [2.75, 3.05) is 19.0 Å². The molecule has 2 N–H and O–H groups in total. The smallest absolute Gasteiger partial charge is 0.326 e. The molecule has 0 amide bonds. The van der Waals surface area contributed by atoms with Crippen molar-refractivity contribution in [1.29, 1.82) is 0 Å². The molecule has 1 aromatic heterocycles. The van der Waals surface area contributed by atoms with Gasteiger partial charge in [0.25, 0.3) is 5.69 Å². The lowest BCUT2D eigenvalue weighted by atomic mass is 10.1. The number of aromatic nitrogens is 1. The zero-order valence-corrected chi connectivity index (χ0v) is 11.3. The number of anilines is 1. The highest BCUT2D eigenvalue weighted by Gasteiger charge is 2.19. The molecule has 0 bridgehead atoms. The molecule has 1 atom stereocenters. The number of carbonyl (C=O) groups is 1. The van der Waals surface area contributed by atoms with Crippen molar-refractivity contribution in [2.45, 2.75) is 25.8 Å². The van der Waals surface area contributed by atoms with E-state index < -0.39 is 16.9 Å². The van der Waals surface area contributed by atoms with Crippen LogP contribution in [0.1, 0.15) is 18.4 Å². The molecule has 1 unspecified atom stereocenters. The molecule has 0 aliphatic heterocycles. The maximum absolute atomic E-state index is 11.1. The van der Waals surface area contributed by atoms with Crippen LogP contribution in [-0.2, 0) is 9.53 Å². The minimum atomic E-state index is -0.999. The second-order valence-corrected chi connectivity index (χ2v) is 4.29. The number of ether oxygens (including phenoxy) is 1. The van der Waals surface area contributed by atoms with E-state index in [1.807, 2.05) is 0 Å². The van der Waals surface area contributed by atoms with Gasteiger partial charge in [-0.2, -0.15) is 0 Å². The number of aryl methyl sites for hydroxylation is 1. The molecular weight excluding hydrogens is 266 g/mol. The van der Waals surface area contributed by atoms with E-state index in [1.54, 1.807) is 14.0 Å². The lowest BCUT2D eigenvalue weighted by Gasteiger charge is -2.16. The Kier molecular flexibility index (Phi) is 5.85. The fourth-order valence-electron chi connectivity index (χ4n) is 1.67. The van der Waals surface area contributed by atoms with Crippen LogP contribution in [-0.4, -0.2) is 40.7 Å². The van der Waals surface area contributed by atoms with Crippen LogP contribution in [0, 0.1) is 17.0 Å². The molecule has 20 heavy (non-hydrogen) atoms. The van der Waals surface area contributed by atoms with Gasteiger partial charge < -0.3 is 15.2 Å². The summed E-state index contributed by atoms with van der Waals surface area (Å²) in [7, 11) is 1.55. The van der Waals surface area contributed by atoms with Crippen LogP contribution in [0.2, 0.25) is 0 Å². The molecule has 1 aromatic rings. The predicted octanol–water partition coefficient (Wildman–Crippen LogP) is 1.59. The summed E-state index contributed by atoms with van der Waals surface area (Å²) in [4.78, 5) is 25.1. The third-order valence-corrected chi connectivity index (χ3v) is 2.72. The Morgan fingerprint density at radius 1 is 1.65 bits per heavy atom. The summed E-state index contributed by atoms with van der Waals surface area (Å²) in [6.45, 7) is 2.11. The highest BCUT2D eigenvalue weighted by molar-refractivity contribution is 5.77. The molecule has 0 fully saturated rings. The largest absolute Gasteiger partial charge is 0.480 e. The first-order valence-corrected chi connectivity index (χ1v) is 6.05. The van der Waals surface area contributed by atoms with E-state index in [0.29, 0.717) is 30.8 Å². The van der Waals surface area contributed by atoms with Gasteiger partial charge in [0.05, 0.1) is 4.92 Å². The fourth-order valence-corrected chi connectivity index (χ4v) is 1.67. The molecule has 8 nitrogen and oxygen atoms in total. The third-order valence-electron chi connectivity index (χ3n) is 2.72. The number of carboxylic acid groups (broad SMARTS) is 1. The standard InChI is InChI=1S/C12H17N3O5/c1-8-6-9(15(18)19)7-13-11(8)14-10(12(16)17)4-3-5-20-2/h6-7,10H,3-5H2,1-2H3,(H,13,14)(H,16,17). The first-order chi connectivity index (χ1) is 9.45. The molecule has 0 aromatic carbocycles. The normalized spacial score (nSPS) is 11.9. The minimum Gasteiger partial charge on any atom is -0.480 e. The summed E-state index contributed by atoms with van der Waals surface area (Å²) >= 11 is 0. The van der Waals surface area contributed by atoms with Crippen molar-refractivity contribution in [3.05, 3.63) is 27.9 Å². The van der Waals surface area contributed by atoms with Gasteiger partial charge in [-0.3, -0.25) is 10.1 Å². The zero-order chi connectivity index (χ0) is 15.1. The molecule has 110 valence electrons. The Hall–Kier alpha value is -2.22. The van der Waals surface area contributed by atoms with Crippen LogP contribution in [0.5, 0.6) is 0 Å². The van der Waals surface area contributed by atoms with E-state index in [1.165, 1.54) is 6.07 Å². The van der Waals surface area contributed by atoms with Gasteiger partial charge >= 0.3 is 5.97 Å². The average Bonchev–Trinajstić information content (AvgIpc) is 2.39. The fraction of sp³-hybridized carbons (Fsp3) is 0.500. The van der Waals surface area contributed by atoms with E-state index in [0.717, 1.165) is 6.20 Å². The first-order valence-electron chi connectivity index (χ1n) is 6.05. The molecule has 0 aliphatic rings. The number of hydrogen-bond acceptors (Lipinski definition) is 6. The molecule has 0 saturated heterocycles. The van der Waals surface area contributed by atoms with Crippen molar-refractivity contribution in [3.8, 4) is 0 Å². The summed E-state index contributed by atoms with van der Waals surface area (Å²) in [5, 5.41) is 22.5. The first kappa shape index (κ1) is 15.8. The van der Waals surface area contributed by atoms with E-state index in [4.69, 9.17) is 9.84 Å². The number of methoxy groups -OCH3 is 1. The van der Waals surface area contributed by atoms with Gasteiger partial charge in [0, 0.05) is 19.8 Å². The molecule has 0 spiro atoms. The minimum absolute atomic E-state index is 0.126. The van der Waals surface area contributed by atoms with Gasteiger partial charge in [0.1, 0.15) is 18.1 Å². The number of nitrogens with one attached hydrogen (secondary N) is 1. The van der Waals surface area contributed by atoms with Crippen molar-refractivity contribution in [3.63, 3.8) is 0 Å². The Morgan fingerprint density at radius 3 is 2.85 bits per heavy atom. The van der Waals surface area contributed by atoms with Crippen molar-refractivity contribution in [2.24, 2.45) is 0 Å². The van der Waals surface area contributed by atoms with Crippen LogP contribution < -0.4 is 5.32 Å². The van der Waals surface area contributed by atoms with Crippen molar-refractivity contribution >= 4 is 17.5 Å². The van der Waals surface area contributed by atoms with Crippen molar-refractivity contribution < 1.29 is 19.6 Å². The van der Waals surface area contributed by atoms with Crippen LogP contribution in [0.25, 0.3) is 0 Å². The maximum atomic E-state index is 11.1. The second-order valence-electron chi connectivity index (χ2n) is 4.29. The molecular formula is C12H17N3O5. The molecule has 0 aliphatic carbocycles. The van der Waals surface area contributed by atoms with Crippen LogP contribution in [0.15, 0.2) is 12.3 Å². The average molecular weight is 283 g/mol. The molecule has 0 radical (unpaired) electrons. The van der Waals surface area contributed by atoms with E-state index >= 15 is 0 Å². The van der Waals surface area contributed by atoms with E-state index in [9.17, 15) is 14.9 Å². The SMILES string of the molecule is COCCCC(Nc1ncc([N+](=O)[O-])cc1C)C(=O)O. The summed E-state index contributed by atoms with van der Waals surface area (Å²) < 4.78 is 4.88. The lowest BCUT2D eigenvalue weighted by Crippen LogP contribution is -2.30. The van der Waals surface area contributed by atoms with Gasteiger partial charge in [-0.05, 0) is 25.3 Å². The lowest BCUT2D eigenvalue weighted by molar-refractivity contribution is -0.385. The Morgan fingerprint density at radius 2 is 2.35 bits per heavy atom. The summed E-state index contributed by atoms with van der Waals surface area (Å²) in [5.74, 6) is -0.666. The number of rotatable bonds is 8. The van der Waals surface area contributed by atoms with Gasteiger partial charge in [0.15, 0.2) is 0 Å². The molecule has 8 heteroatoms.